The molecule has 2 rings (SSSR count). The van der Waals surface area contributed by atoms with E-state index in [0.717, 1.165) is 12.0 Å². The highest BCUT2D eigenvalue weighted by Gasteiger charge is 2.61. The average molecular weight is 166 g/mol. The van der Waals surface area contributed by atoms with E-state index in [1.807, 2.05) is 13.8 Å². The highest BCUT2D eigenvalue weighted by molar-refractivity contribution is 5.91. The Hall–Kier alpha value is -0.630. The Morgan fingerprint density at radius 2 is 2.42 bits per heavy atom. The van der Waals surface area contributed by atoms with Gasteiger partial charge in [-0.3, -0.25) is 4.79 Å². The van der Waals surface area contributed by atoms with E-state index in [0.29, 0.717) is 12.3 Å². The van der Waals surface area contributed by atoms with Crippen molar-refractivity contribution in [2.24, 2.45) is 5.92 Å². The van der Waals surface area contributed by atoms with Crippen LogP contribution < -0.4 is 0 Å². The van der Waals surface area contributed by atoms with Crippen molar-refractivity contribution in [3.63, 3.8) is 0 Å². The van der Waals surface area contributed by atoms with Gasteiger partial charge in [-0.2, -0.15) is 0 Å². The Bertz CT molecular complexity index is 257. The molecule has 2 aliphatic rings. The maximum absolute atomic E-state index is 11.5. The molecule has 2 fully saturated rings. The van der Waals surface area contributed by atoms with Crippen LogP contribution >= 0.6 is 0 Å². The Morgan fingerprint density at radius 3 is 2.92 bits per heavy atom. The third-order valence-electron chi connectivity index (χ3n) is 3.13. The van der Waals surface area contributed by atoms with Gasteiger partial charge in [0.2, 0.25) is 0 Å². The van der Waals surface area contributed by atoms with Gasteiger partial charge in [-0.05, 0) is 26.2 Å². The summed E-state index contributed by atoms with van der Waals surface area (Å²) in [5.41, 5.74) is 0.701. The minimum absolute atomic E-state index is 0.181. The smallest absolute Gasteiger partial charge is 0.167 e. The van der Waals surface area contributed by atoms with Crippen LogP contribution in [0.2, 0.25) is 0 Å². The van der Waals surface area contributed by atoms with E-state index in [9.17, 15) is 4.79 Å². The number of hydrogen-bond acceptors (Lipinski definition) is 2. The number of hydrogen-bond donors (Lipinski definition) is 0. The van der Waals surface area contributed by atoms with E-state index < -0.39 is 5.60 Å². The summed E-state index contributed by atoms with van der Waals surface area (Å²) in [4.78, 5) is 11.5. The largest absolute Gasteiger partial charge is 0.358 e. The van der Waals surface area contributed by atoms with Crippen LogP contribution in [0.25, 0.3) is 0 Å². The number of carbonyl (C=O) groups excluding carboxylic acids is 1. The van der Waals surface area contributed by atoms with E-state index in [1.165, 1.54) is 0 Å². The van der Waals surface area contributed by atoms with Gasteiger partial charge in [0.05, 0.1) is 6.10 Å². The number of rotatable bonds is 1. The van der Waals surface area contributed by atoms with Gasteiger partial charge in [0.25, 0.3) is 0 Å². The van der Waals surface area contributed by atoms with Crippen LogP contribution in [0.15, 0.2) is 12.2 Å². The third-order valence-corrected chi connectivity index (χ3v) is 3.13. The summed E-state index contributed by atoms with van der Waals surface area (Å²) in [6.07, 6.45) is 1.79. The van der Waals surface area contributed by atoms with Gasteiger partial charge >= 0.3 is 0 Å². The fraction of sp³-hybridized carbons (Fsp3) is 0.700. The number of Topliss-reactive ketones (excluding diaryl/α,β-unsaturated/α-hetero) is 1. The molecule has 0 radical (unpaired) electrons. The maximum atomic E-state index is 11.5. The molecule has 0 N–H and O–H groups in total. The van der Waals surface area contributed by atoms with Gasteiger partial charge in [-0.25, -0.2) is 0 Å². The van der Waals surface area contributed by atoms with Gasteiger partial charge in [-0.15, -0.1) is 0 Å². The van der Waals surface area contributed by atoms with Gasteiger partial charge in [0.1, 0.15) is 5.60 Å². The molecule has 0 aromatic carbocycles. The number of epoxide rings is 1. The molecule has 1 heterocycles. The van der Waals surface area contributed by atoms with Crippen LogP contribution in [-0.2, 0) is 9.53 Å². The van der Waals surface area contributed by atoms with Crippen molar-refractivity contribution < 1.29 is 9.53 Å². The molecule has 0 unspecified atom stereocenters. The van der Waals surface area contributed by atoms with Gasteiger partial charge < -0.3 is 4.74 Å². The molecule has 1 aliphatic carbocycles. The first-order valence-corrected chi connectivity index (χ1v) is 4.40. The van der Waals surface area contributed by atoms with Crippen LogP contribution in [0.3, 0.4) is 0 Å². The van der Waals surface area contributed by atoms with Crippen LogP contribution in [0.4, 0.5) is 0 Å². The Kier molecular flexibility index (Phi) is 1.46. The van der Waals surface area contributed by atoms with Crippen molar-refractivity contribution in [2.45, 2.75) is 38.4 Å². The monoisotopic (exact) mass is 166 g/mol. The molecule has 1 saturated carbocycles. The molecule has 12 heavy (non-hydrogen) atoms. The van der Waals surface area contributed by atoms with Crippen LogP contribution in [0.5, 0.6) is 0 Å². The van der Waals surface area contributed by atoms with Gasteiger partial charge in [0, 0.05) is 6.42 Å². The number of fused-ring (bicyclic) bond motifs is 1. The lowest BCUT2D eigenvalue weighted by Crippen LogP contribution is -2.32. The average Bonchev–Trinajstić information content (AvgIpc) is 2.62. The summed E-state index contributed by atoms with van der Waals surface area (Å²) in [7, 11) is 0. The van der Waals surface area contributed by atoms with E-state index in [4.69, 9.17) is 4.74 Å². The normalized spacial score (nSPS) is 45.3. The lowest BCUT2D eigenvalue weighted by atomic mass is 9.79. The number of ether oxygens (including phenoxy) is 1. The quantitative estimate of drug-likeness (QED) is 0.438. The fourth-order valence-corrected chi connectivity index (χ4v) is 1.92. The second-order valence-corrected chi connectivity index (χ2v) is 4.12. The van der Waals surface area contributed by atoms with Crippen molar-refractivity contribution >= 4 is 5.78 Å². The predicted octanol–water partition coefficient (Wildman–Crippen LogP) is 1.70. The van der Waals surface area contributed by atoms with Crippen molar-refractivity contribution in [3.05, 3.63) is 12.2 Å². The Morgan fingerprint density at radius 1 is 1.75 bits per heavy atom. The predicted molar refractivity (Wildman–Crippen MR) is 45.8 cm³/mol. The van der Waals surface area contributed by atoms with E-state index in [2.05, 4.69) is 6.58 Å². The first-order chi connectivity index (χ1) is 5.54. The summed E-state index contributed by atoms with van der Waals surface area (Å²) in [6.45, 7) is 7.77. The lowest BCUT2D eigenvalue weighted by molar-refractivity contribution is -0.124. The molecular formula is C10H14O2. The van der Waals surface area contributed by atoms with Crippen molar-refractivity contribution in [2.75, 3.05) is 0 Å². The minimum atomic E-state index is -0.411. The summed E-state index contributed by atoms with van der Waals surface area (Å²) in [5, 5.41) is 0. The molecule has 3 atom stereocenters. The second kappa shape index (κ2) is 2.19. The number of carbonyl (C=O) groups is 1. The highest BCUT2D eigenvalue weighted by Crippen LogP contribution is 2.48. The van der Waals surface area contributed by atoms with Gasteiger partial charge in [0.15, 0.2) is 5.78 Å². The van der Waals surface area contributed by atoms with Crippen molar-refractivity contribution in [3.8, 4) is 0 Å². The highest BCUT2D eigenvalue weighted by atomic mass is 16.6. The zero-order chi connectivity index (χ0) is 8.93. The van der Waals surface area contributed by atoms with E-state index in [-0.39, 0.29) is 11.9 Å². The maximum Gasteiger partial charge on any atom is 0.167 e. The zero-order valence-electron chi connectivity index (χ0n) is 7.59. The molecule has 0 aromatic heterocycles. The summed E-state index contributed by atoms with van der Waals surface area (Å²) >= 11 is 0. The summed E-state index contributed by atoms with van der Waals surface area (Å²) < 4.78 is 5.37. The molecule has 0 amide bonds. The summed E-state index contributed by atoms with van der Waals surface area (Å²) in [5.74, 6) is 0.616. The molecule has 1 saturated heterocycles. The van der Waals surface area contributed by atoms with E-state index in [1.54, 1.807) is 0 Å². The minimum Gasteiger partial charge on any atom is -0.358 e. The Labute approximate surface area is 72.6 Å². The fourth-order valence-electron chi connectivity index (χ4n) is 1.92. The van der Waals surface area contributed by atoms with E-state index >= 15 is 0 Å². The molecule has 2 nitrogen and oxygen atoms in total. The standard InChI is InChI=1S/C10H14O2/c1-6(2)7-4-8(11)10(3)9(5-7)12-10/h7,9H,1,4-5H2,2-3H3/t7-,9+,10+/m1/s1. The molecule has 0 bridgehead atoms. The lowest BCUT2D eigenvalue weighted by Gasteiger charge is -2.21. The van der Waals surface area contributed by atoms with Crippen LogP contribution in [0, 0.1) is 5.92 Å². The van der Waals surface area contributed by atoms with Crippen LogP contribution in [-0.4, -0.2) is 17.5 Å². The zero-order valence-corrected chi connectivity index (χ0v) is 7.59. The first kappa shape index (κ1) is 7.99. The molecule has 66 valence electrons. The SMILES string of the molecule is C=C(C)[C@@H]1CC(=O)[C@]2(C)O[C@H]2C1. The van der Waals surface area contributed by atoms with Crippen molar-refractivity contribution in [1.82, 2.24) is 0 Å². The Balaban J connectivity index is 2.12. The molecule has 0 aromatic rings. The third kappa shape index (κ3) is 0.944. The van der Waals surface area contributed by atoms with Crippen LogP contribution in [0.1, 0.15) is 26.7 Å². The second-order valence-electron chi connectivity index (χ2n) is 4.12. The molecule has 0 spiro atoms. The molecular weight excluding hydrogens is 152 g/mol. The molecule has 2 heteroatoms. The van der Waals surface area contributed by atoms with Gasteiger partial charge in [-0.1, -0.05) is 12.2 Å². The first-order valence-electron chi connectivity index (χ1n) is 4.40. The number of ketones is 1. The van der Waals surface area contributed by atoms with Crippen molar-refractivity contribution in [1.29, 1.82) is 0 Å². The topological polar surface area (TPSA) is 29.6 Å². The summed E-state index contributed by atoms with van der Waals surface area (Å²) in [6, 6.07) is 0. The molecule has 1 aliphatic heterocycles. The number of allylic oxidation sites excluding steroid dienone is 1.